The number of carbonyl (C=O) groups excluding carboxylic acids is 1. The zero-order valence-corrected chi connectivity index (χ0v) is 12.5. The molecule has 2 heterocycles. The molecule has 2 rings (SSSR count). The Hall–Kier alpha value is -1.30. The fourth-order valence-corrected chi connectivity index (χ4v) is 2.99. The molecule has 0 unspecified atom stereocenters. The summed E-state index contributed by atoms with van der Waals surface area (Å²) in [6.07, 6.45) is 1.90. The summed E-state index contributed by atoms with van der Waals surface area (Å²) in [5, 5.41) is 8.83. The molecule has 0 aromatic rings. The van der Waals surface area contributed by atoms with Crippen LogP contribution < -0.4 is 0 Å². The Morgan fingerprint density at radius 1 is 1.05 bits per heavy atom. The summed E-state index contributed by atoms with van der Waals surface area (Å²) in [5.74, 6) is -0.800. The number of nitrogens with zero attached hydrogens (tertiary/aromatic N) is 3. The first kappa shape index (κ1) is 15.1. The summed E-state index contributed by atoms with van der Waals surface area (Å²) in [6, 6.07) is 0.118. The molecule has 1 N–H and O–H groups in total. The molecule has 2 fully saturated rings. The molecule has 0 aromatic carbocycles. The van der Waals surface area contributed by atoms with E-state index >= 15 is 0 Å². The number of likely N-dealkylation sites (tertiary alicyclic amines) is 1. The topological polar surface area (TPSA) is 64.1 Å². The first-order chi connectivity index (χ1) is 9.37. The molecule has 0 saturated carbocycles. The molecule has 114 valence electrons. The highest BCUT2D eigenvalue weighted by molar-refractivity contribution is 5.75. The van der Waals surface area contributed by atoms with E-state index in [-0.39, 0.29) is 18.0 Å². The second kappa shape index (κ2) is 5.99. The van der Waals surface area contributed by atoms with Crippen molar-refractivity contribution in [2.75, 3.05) is 45.8 Å². The summed E-state index contributed by atoms with van der Waals surface area (Å²) in [7, 11) is 0. The van der Waals surface area contributed by atoms with Gasteiger partial charge in [0.1, 0.15) is 0 Å². The predicted molar refractivity (Wildman–Crippen MR) is 75.6 cm³/mol. The van der Waals surface area contributed by atoms with Crippen LogP contribution in [0.3, 0.4) is 0 Å². The predicted octanol–water partition coefficient (Wildman–Crippen LogP) is 0.931. The standard InChI is InChI=1S/C14H25N3O3/c1-14(2)4-7-17(11-14)13(20)16-6-3-5-15(8-9-16)10-12(18)19/h3-11H2,1-2H3,(H,18,19). The average Bonchev–Trinajstić information content (AvgIpc) is 2.58. The second-order valence-corrected chi connectivity index (χ2v) is 6.63. The highest BCUT2D eigenvalue weighted by atomic mass is 16.4. The quantitative estimate of drug-likeness (QED) is 0.819. The van der Waals surface area contributed by atoms with Gasteiger partial charge >= 0.3 is 12.0 Å². The van der Waals surface area contributed by atoms with Crippen molar-refractivity contribution in [3.05, 3.63) is 0 Å². The minimum absolute atomic E-state index is 0.0682. The number of aliphatic carboxylic acids is 1. The minimum Gasteiger partial charge on any atom is -0.480 e. The normalized spacial score (nSPS) is 23.7. The number of carboxylic acids is 1. The van der Waals surface area contributed by atoms with Crippen LogP contribution in [0.15, 0.2) is 0 Å². The van der Waals surface area contributed by atoms with Crippen LogP contribution in [-0.2, 0) is 4.79 Å². The lowest BCUT2D eigenvalue weighted by molar-refractivity contribution is -0.138. The molecule has 2 amide bonds. The first-order valence-electron chi connectivity index (χ1n) is 7.35. The Balaban J connectivity index is 1.87. The maximum absolute atomic E-state index is 12.5. The molecule has 0 aromatic heterocycles. The molecule has 0 atom stereocenters. The molecule has 6 nitrogen and oxygen atoms in total. The van der Waals surface area contributed by atoms with Gasteiger partial charge in [-0.1, -0.05) is 13.8 Å². The van der Waals surface area contributed by atoms with E-state index in [0.717, 1.165) is 39.0 Å². The molecule has 0 spiro atoms. The van der Waals surface area contributed by atoms with Gasteiger partial charge in [0.25, 0.3) is 0 Å². The Bertz CT molecular complexity index is 384. The van der Waals surface area contributed by atoms with E-state index in [4.69, 9.17) is 5.11 Å². The summed E-state index contributed by atoms with van der Waals surface area (Å²) in [5.41, 5.74) is 0.219. The first-order valence-corrected chi connectivity index (χ1v) is 7.35. The van der Waals surface area contributed by atoms with Crippen molar-refractivity contribution in [3.63, 3.8) is 0 Å². The van der Waals surface area contributed by atoms with Gasteiger partial charge in [-0.3, -0.25) is 9.69 Å². The van der Waals surface area contributed by atoms with Crippen LogP contribution in [0.2, 0.25) is 0 Å². The van der Waals surface area contributed by atoms with Crippen molar-refractivity contribution in [1.29, 1.82) is 0 Å². The summed E-state index contributed by atoms with van der Waals surface area (Å²) < 4.78 is 0. The number of urea groups is 1. The fraction of sp³-hybridized carbons (Fsp3) is 0.857. The molecule has 6 heteroatoms. The number of hydrogen-bond donors (Lipinski definition) is 1. The van der Waals surface area contributed by atoms with Crippen molar-refractivity contribution in [1.82, 2.24) is 14.7 Å². The van der Waals surface area contributed by atoms with E-state index in [1.54, 1.807) is 0 Å². The van der Waals surface area contributed by atoms with E-state index in [0.29, 0.717) is 13.1 Å². The summed E-state index contributed by atoms with van der Waals surface area (Å²) in [4.78, 5) is 29.0. The second-order valence-electron chi connectivity index (χ2n) is 6.63. The minimum atomic E-state index is -0.800. The largest absolute Gasteiger partial charge is 0.480 e. The highest BCUT2D eigenvalue weighted by Crippen LogP contribution is 2.29. The van der Waals surface area contributed by atoms with Gasteiger partial charge in [0.05, 0.1) is 6.54 Å². The summed E-state index contributed by atoms with van der Waals surface area (Å²) in [6.45, 7) is 8.86. The number of carboxylic acid groups (broad SMARTS) is 1. The molecule has 0 aliphatic carbocycles. The highest BCUT2D eigenvalue weighted by Gasteiger charge is 2.34. The SMILES string of the molecule is CC1(C)CCN(C(=O)N2CCCN(CC(=O)O)CC2)C1. The molecular weight excluding hydrogens is 258 g/mol. The monoisotopic (exact) mass is 283 g/mol. The summed E-state index contributed by atoms with van der Waals surface area (Å²) >= 11 is 0. The third-order valence-corrected chi connectivity index (χ3v) is 4.17. The van der Waals surface area contributed by atoms with Crippen molar-refractivity contribution in [2.24, 2.45) is 5.41 Å². The van der Waals surface area contributed by atoms with Gasteiger partial charge in [-0.05, 0) is 18.3 Å². The molecule has 20 heavy (non-hydrogen) atoms. The number of carbonyl (C=O) groups is 2. The van der Waals surface area contributed by atoms with Gasteiger partial charge in [0.2, 0.25) is 0 Å². The average molecular weight is 283 g/mol. The van der Waals surface area contributed by atoms with Crippen molar-refractivity contribution < 1.29 is 14.7 Å². The van der Waals surface area contributed by atoms with Gasteiger partial charge in [0.15, 0.2) is 0 Å². The van der Waals surface area contributed by atoms with Crippen LogP contribution in [0, 0.1) is 5.41 Å². The maximum atomic E-state index is 12.5. The third-order valence-electron chi connectivity index (χ3n) is 4.17. The zero-order chi connectivity index (χ0) is 14.8. The number of hydrogen-bond acceptors (Lipinski definition) is 3. The molecule has 2 saturated heterocycles. The van der Waals surface area contributed by atoms with Crippen LogP contribution in [0.5, 0.6) is 0 Å². The van der Waals surface area contributed by atoms with Gasteiger partial charge in [-0.2, -0.15) is 0 Å². The van der Waals surface area contributed by atoms with E-state index in [2.05, 4.69) is 13.8 Å². The maximum Gasteiger partial charge on any atom is 0.320 e. The van der Waals surface area contributed by atoms with Crippen molar-refractivity contribution >= 4 is 12.0 Å². The number of amides is 2. The number of rotatable bonds is 2. The lowest BCUT2D eigenvalue weighted by Crippen LogP contribution is -2.44. The zero-order valence-electron chi connectivity index (χ0n) is 12.5. The molecule has 2 aliphatic rings. The smallest absolute Gasteiger partial charge is 0.320 e. The van der Waals surface area contributed by atoms with Gasteiger partial charge in [0, 0.05) is 39.3 Å². The fourth-order valence-electron chi connectivity index (χ4n) is 2.99. The van der Waals surface area contributed by atoms with Crippen molar-refractivity contribution in [3.8, 4) is 0 Å². The van der Waals surface area contributed by atoms with E-state index in [9.17, 15) is 9.59 Å². The molecular formula is C14H25N3O3. The van der Waals surface area contributed by atoms with Crippen LogP contribution >= 0.6 is 0 Å². The Morgan fingerprint density at radius 2 is 1.80 bits per heavy atom. The Kier molecular flexibility index (Phi) is 4.52. The van der Waals surface area contributed by atoms with Gasteiger partial charge in [-0.15, -0.1) is 0 Å². The Morgan fingerprint density at radius 3 is 2.40 bits per heavy atom. The lowest BCUT2D eigenvalue weighted by Gasteiger charge is -2.28. The molecule has 0 bridgehead atoms. The van der Waals surface area contributed by atoms with Gasteiger partial charge < -0.3 is 14.9 Å². The van der Waals surface area contributed by atoms with E-state index < -0.39 is 5.97 Å². The van der Waals surface area contributed by atoms with Crippen LogP contribution in [0.1, 0.15) is 26.7 Å². The third kappa shape index (κ3) is 3.85. The molecule has 2 aliphatic heterocycles. The Labute approximate surface area is 120 Å². The molecule has 0 radical (unpaired) electrons. The van der Waals surface area contributed by atoms with Crippen molar-refractivity contribution in [2.45, 2.75) is 26.7 Å². The van der Waals surface area contributed by atoms with Crippen LogP contribution in [-0.4, -0.2) is 77.6 Å². The van der Waals surface area contributed by atoms with E-state index in [1.165, 1.54) is 0 Å². The van der Waals surface area contributed by atoms with E-state index in [1.807, 2.05) is 14.7 Å². The van der Waals surface area contributed by atoms with Gasteiger partial charge in [-0.25, -0.2) is 4.79 Å². The lowest BCUT2D eigenvalue weighted by atomic mass is 9.93. The van der Waals surface area contributed by atoms with Crippen LogP contribution in [0.4, 0.5) is 4.79 Å². The van der Waals surface area contributed by atoms with Crippen LogP contribution in [0.25, 0.3) is 0 Å².